The van der Waals surface area contributed by atoms with E-state index in [-0.39, 0.29) is 12.7 Å². The minimum Gasteiger partial charge on any atom is -0.473 e. The maximum atomic E-state index is 9.45. The van der Waals surface area contributed by atoms with Gasteiger partial charge in [0.2, 0.25) is 11.8 Å². The van der Waals surface area contributed by atoms with Crippen LogP contribution in [-0.4, -0.2) is 42.5 Å². The monoisotopic (exact) mass is 482 g/mol. The van der Waals surface area contributed by atoms with Crippen molar-refractivity contribution in [1.82, 2.24) is 4.98 Å². The summed E-state index contributed by atoms with van der Waals surface area (Å²) in [5.74, 6) is 1.05. The van der Waals surface area contributed by atoms with E-state index in [0.717, 1.165) is 34.5 Å². The van der Waals surface area contributed by atoms with Gasteiger partial charge in [-0.15, -0.1) is 0 Å². The highest BCUT2D eigenvalue weighted by Crippen LogP contribution is 2.33. The van der Waals surface area contributed by atoms with Gasteiger partial charge in [-0.3, -0.25) is 0 Å². The fourth-order valence-electron chi connectivity index (χ4n) is 4.21. The molecule has 1 N–H and O–H groups in total. The first kappa shape index (κ1) is 23.9. The number of aliphatic hydroxyl groups is 1. The number of aliphatic hydroxyl groups excluding tert-OH is 1. The molecule has 0 radical (unpaired) electrons. The second kappa shape index (κ2) is 11.7. The summed E-state index contributed by atoms with van der Waals surface area (Å²) < 4.78 is 17.7. The zero-order valence-corrected chi connectivity index (χ0v) is 20.1. The number of rotatable bonds is 9. The molecule has 0 saturated carbocycles. The molecule has 4 aromatic rings. The minimum absolute atomic E-state index is 0.0288. The molecule has 2 heterocycles. The Bertz CT molecular complexity index is 1230. The van der Waals surface area contributed by atoms with Crippen LogP contribution in [0.2, 0.25) is 0 Å². The van der Waals surface area contributed by atoms with Crippen molar-refractivity contribution in [2.45, 2.75) is 19.3 Å². The SMILES string of the molecule is OC[C@H]1CN(c2ccc(-c3ccc(OCc4ccccc4)nc3OCc3ccccc3)cc2)CCO1. The standard InChI is InChI=1S/C30H30N2O4/c33-20-27-19-32(17-18-34-27)26-13-11-25(12-14-26)28-15-16-29(35-21-23-7-3-1-4-8-23)31-30(28)36-22-24-9-5-2-6-10-24/h1-16,27,33H,17-22H2/t27-/m1/s1. The van der Waals surface area contributed by atoms with E-state index in [1.807, 2.05) is 72.8 Å². The number of ether oxygens (including phenoxy) is 3. The van der Waals surface area contributed by atoms with E-state index in [1.54, 1.807) is 0 Å². The van der Waals surface area contributed by atoms with Crippen molar-refractivity contribution in [3.63, 3.8) is 0 Å². The van der Waals surface area contributed by atoms with E-state index in [0.29, 0.717) is 38.1 Å². The van der Waals surface area contributed by atoms with Gasteiger partial charge in [0.05, 0.1) is 19.3 Å². The Morgan fingerprint density at radius 2 is 1.47 bits per heavy atom. The largest absolute Gasteiger partial charge is 0.473 e. The first-order valence-electron chi connectivity index (χ1n) is 12.2. The lowest BCUT2D eigenvalue weighted by atomic mass is 10.1. The second-order valence-corrected chi connectivity index (χ2v) is 8.72. The van der Waals surface area contributed by atoms with Crippen molar-refractivity contribution >= 4 is 5.69 Å². The molecular weight excluding hydrogens is 452 g/mol. The molecule has 0 unspecified atom stereocenters. The normalized spacial score (nSPS) is 15.5. The van der Waals surface area contributed by atoms with Gasteiger partial charge in [-0.1, -0.05) is 72.8 Å². The smallest absolute Gasteiger partial charge is 0.225 e. The molecule has 1 saturated heterocycles. The number of hydrogen-bond donors (Lipinski definition) is 1. The number of benzene rings is 3. The fourth-order valence-corrected chi connectivity index (χ4v) is 4.21. The third-order valence-electron chi connectivity index (χ3n) is 6.17. The fraction of sp³-hybridized carbons (Fsp3) is 0.233. The van der Waals surface area contributed by atoms with Crippen LogP contribution in [0.1, 0.15) is 11.1 Å². The Balaban J connectivity index is 1.36. The zero-order chi connectivity index (χ0) is 24.6. The number of hydrogen-bond acceptors (Lipinski definition) is 6. The third kappa shape index (κ3) is 6.03. The molecule has 0 bridgehead atoms. The Morgan fingerprint density at radius 1 is 0.806 bits per heavy atom. The molecule has 36 heavy (non-hydrogen) atoms. The lowest BCUT2D eigenvalue weighted by Gasteiger charge is -2.33. The molecule has 5 rings (SSSR count). The van der Waals surface area contributed by atoms with E-state index in [4.69, 9.17) is 19.2 Å². The van der Waals surface area contributed by atoms with Gasteiger partial charge in [-0.05, 0) is 34.9 Å². The molecule has 1 aliphatic heterocycles. The highest BCUT2D eigenvalue weighted by atomic mass is 16.5. The Kier molecular flexibility index (Phi) is 7.76. The van der Waals surface area contributed by atoms with E-state index in [9.17, 15) is 5.11 Å². The number of pyridine rings is 1. The molecule has 184 valence electrons. The van der Waals surface area contributed by atoms with E-state index < -0.39 is 0 Å². The van der Waals surface area contributed by atoms with Crippen LogP contribution in [0.25, 0.3) is 11.1 Å². The lowest BCUT2D eigenvalue weighted by molar-refractivity contribution is 0.00357. The maximum Gasteiger partial charge on any atom is 0.225 e. The number of nitrogens with zero attached hydrogens (tertiary/aromatic N) is 2. The lowest BCUT2D eigenvalue weighted by Crippen LogP contribution is -2.44. The molecule has 1 fully saturated rings. The van der Waals surface area contributed by atoms with Gasteiger partial charge in [0, 0.05) is 30.4 Å². The van der Waals surface area contributed by atoms with Crippen molar-refractivity contribution in [3.05, 3.63) is 108 Å². The van der Waals surface area contributed by atoms with Crippen molar-refractivity contribution in [2.24, 2.45) is 0 Å². The predicted octanol–water partition coefficient (Wildman–Crippen LogP) is 5.10. The van der Waals surface area contributed by atoms with Gasteiger partial charge in [-0.2, -0.15) is 4.98 Å². The summed E-state index contributed by atoms with van der Waals surface area (Å²) in [6.07, 6.45) is -0.149. The highest BCUT2D eigenvalue weighted by molar-refractivity contribution is 5.71. The summed E-state index contributed by atoms with van der Waals surface area (Å²) in [6, 6.07) is 32.3. The van der Waals surface area contributed by atoms with Gasteiger partial charge >= 0.3 is 0 Å². The number of morpholine rings is 1. The second-order valence-electron chi connectivity index (χ2n) is 8.72. The quantitative estimate of drug-likeness (QED) is 0.358. The topological polar surface area (TPSA) is 64.1 Å². The summed E-state index contributed by atoms with van der Waals surface area (Å²) in [5.41, 5.74) is 5.16. The molecule has 6 heteroatoms. The Hall–Kier alpha value is -3.87. The van der Waals surface area contributed by atoms with Crippen LogP contribution in [0.4, 0.5) is 5.69 Å². The summed E-state index contributed by atoms with van der Waals surface area (Å²) in [6.45, 7) is 2.97. The average Bonchev–Trinajstić information content (AvgIpc) is 2.96. The van der Waals surface area contributed by atoms with Crippen LogP contribution in [-0.2, 0) is 18.0 Å². The molecular formula is C30H30N2O4. The summed E-state index contributed by atoms with van der Waals surface area (Å²) in [5, 5.41) is 9.45. The molecule has 1 aromatic heterocycles. The third-order valence-corrected chi connectivity index (χ3v) is 6.17. The van der Waals surface area contributed by atoms with Crippen LogP contribution >= 0.6 is 0 Å². The maximum absolute atomic E-state index is 9.45. The van der Waals surface area contributed by atoms with E-state index in [2.05, 4.69) is 29.2 Å². The van der Waals surface area contributed by atoms with Crippen LogP contribution in [0.5, 0.6) is 11.8 Å². The van der Waals surface area contributed by atoms with Crippen LogP contribution in [0.3, 0.4) is 0 Å². The molecule has 1 aliphatic rings. The van der Waals surface area contributed by atoms with Gasteiger partial charge in [-0.25, -0.2) is 0 Å². The number of anilines is 1. The first-order chi connectivity index (χ1) is 17.8. The van der Waals surface area contributed by atoms with Crippen LogP contribution in [0, 0.1) is 0 Å². The van der Waals surface area contributed by atoms with Crippen molar-refractivity contribution < 1.29 is 19.3 Å². The molecule has 0 amide bonds. The van der Waals surface area contributed by atoms with Gasteiger partial charge < -0.3 is 24.2 Å². The molecule has 0 aliphatic carbocycles. The summed E-state index contributed by atoms with van der Waals surface area (Å²) >= 11 is 0. The van der Waals surface area contributed by atoms with E-state index in [1.165, 1.54) is 0 Å². The number of aromatic nitrogens is 1. The summed E-state index contributed by atoms with van der Waals surface area (Å²) in [4.78, 5) is 6.95. The van der Waals surface area contributed by atoms with Gasteiger partial charge in [0.15, 0.2) is 0 Å². The van der Waals surface area contributed by atoms with Gasteiger partial charge in [0.25, 0.3) is 0 Å². The highest BCUT2D eigenvalue weighted by Gasteiger charge is 2.20. The minimum atomic E-state index is -0.149. The Labute approximate surface area is 211 Å². The predicted molar refractivity (Wildman–Crippen MR) is 140 cm³/mol. The Morgan fingerprint density at radius 3 is 2.14 bits per heavy atom. The molecule has 1 atom stereocenters. The van der Waals surface area contributed by atoms with Crippen molar-refractivity contribution in [3.8, 4) is 22.9 Å². The molecule has 0 spiro atoms. The summed E-state index contributed by atoms with van der Waals surface area (Å²) in [7, 11) is 0. The average molecular weight is 483 g/mol. The van der Waals surface area contributed by atoms with Crippen molar-refractivity contribution in [2.75, 3.05) is 31.2 Å². The zero-order valence-electron chi connectivity index (χ0n) is 20.1. The molecule has 3 aromatic carbocycles. The molecule has 6 nitrogen and oxygen atoms in total. The van der Waals surface area contributed by atoms with E-state index >= 15 is 0 Å². The van der Waals surface area contributed by atoms with Crippen LogP contribution in [0.15, 0.2) is 97.1 Å². The first-order valence-corrected chi connectivity index (χ1v) is 12.2. The van der Waals surface area contributed by atoms with Crippen LogP contribution < -0.4 is 14.4 Å². The van der Waals surface area contributed by atoms with Gasteiger partial charge in [0.1, 0.15) is 13.2 Å². The van der Waals surface area contributed by atoms with Crippen molar-refractivity contribution in [1.29, 1.82) is 0 Å².